The van der Waals surface area contributed by atoms with Crippen LogP contribution < -0.4 is 5.73 Å². The normalized spacial score (nSPS) is 30.3. The molecule has 0 saturated carbocycles. The molecule has 5 atom stereocenters. The highest BCUT2D eigenvalue weighted by molar-refractivity contribution is 14.1. The van der Waals surface area contributed by atoms with Crippen molar-refractivity contribution < 1.29 is 18.6 Å². The first-order valence-corrected chi connectivity index (χ1v) is 9.93. The molecule has 2 aromatic heterocycles. The first kappa shape index (κ1) is 18.2. The average Bonchev–Trinajstić information content (AvgIpc) is 3.13. The Bertz CT molecular complexity index is 1000. The first-order valence-electron chi connectivity index (χ1n) is 8.85. The van der Waals surface area contributed by atoms with E-state index in [-0.39, 0.29) is 19.2 Å². The molecule has 2 N–H and O–H groups in total. The summed E-state index contributed by atoms with van der Waals surface area (Å²) in [6.07, 6.45) is -1.61. The Morgan fingerprint density at radius 3 is 2.79 bits per heavy atom. The lowest BCUT2D eigenvalue weighted by molar-refractivity contribution is -0.298. The first-order chi connectivity index (χ1) is 13.6. The van der Waals surface area contributed by atoms with Gasteiger partial charge in [-0.15, -0.1) is 0 Å². The number of nitrogens with two attached hydrogens (primary N) is 1. The van der Waals surface area contributed by atoms with E-state index in [9.17, 15) is 0 Å². The monoisotopic (exact) mass is 497 g/mol. The van der Waals surface area contributed by atoms with Crippen LogP contribution in [0.2, 0.25) is 0 Å². The van der Waals surface area contributed by atoms with E-state index in [4.69, 9.17) is 19.9 Å². The molecule has 2 saturated heterocycles. The summed E-state index contributed by atoms with van der Waals surface area (Å²) in [4.78, 5) is 12.7. The van der Waals surface area contributed by atoms with Gasteiger partial charge in [0, 0.05) is 5.56 Å². The second-order valence-corrected chi connectivity index (χ2v) is 7.78. The van der Waals surface area contributed by atoms with Crippen molar-refractivity contribution in [2.24, 2.45) is 0 Å². The lowest BCUT2D eigenvalue weighted by Crippen LogP contribution is -2.54. The van der Waals surface area contributed by atoms with E-state index in [2.05, 4.69) is 15.0 Å². The summed E-state index contributed by atoms with van der Waals surface area (Å²) < 4.78 is 35.4. The topological polar surface area (TPSA) is 97.3 Å². The Morgan fingerprint density at radius 2 is 1.96 bits per heavy atom. The molecule has 2 aliphatic rings. The van der Waals surface area contributed by atoms with Gasteiger partial charge in [-0.05, 0) is 22.6 Å². The third-order valence-electron chi connectivity index (χ3n) is 5.05. The van der Waals surface area contributed by atoms with Crippen molar-refractivity contribution in [3.63, 3.8) is 0 Å². The molecule has 0 radical (unpaired) electrons. The fourth-order valence-electron chi connectivity index (χ4n) is 3.66. The zero-order valence-electron chi connectivity index (χ0n) is 14.6. The number of aromatic nitrogens is 4. The van der Waals surface area contributed by atoms with Crippen LogP contribution in [-0.2, 0) is 14.2 Å². The van der Waals surface area contributed by atoms with Crippen molar-refractivity contribution in [1.82, 2.24) is 19.5 Å². The van der Waals surface area contributed by atoms with E-state index in [1.807, 2.05) is 52.9 Å². The molecule has 1 aromatic carbocycles. The van der Waals surface area contributed by atoms with Crippen molar-refractivity contribution in [2.75, 3.05) is 18.9 Å². The number of nitrogen functional groups attached to an aromatic ring is 1. The van der Waals surface area contributed by atoms with Crippen LogP contribution in [0.25, 0.3) is 11.2 Å². The van der Waals surface area contributed by atoms with Crippen LogP contribution in [0.4, 0.5) is 10.3 Å². The fourth-order valence-corrected chi connectivity index (χ4v) is 4.29. The Balaban J connectivity index is 1.44. The molecule has 0 amide bonds. The molecule has 28 heavy (non-hydrogen) atoms. The molecule has 4 heterocycles. The lowest BCUT2D eigenvalue weighted by atomic mass is 9.98. The Kier molecular flexibility index (Phi) is 4.65. The van der Waals surface area contributed by atoms with Gasteiger partial charge >= 0.3 is 0 Å². The summed E-state index contributed by atoms with van der Waals surface area (Å²) in [7, 11) is 0. The number of fused-ring (bicyclic) bond motifs is 2. The number of ether oxygens (including phenoxy) is 3. The van der Waals surface area contributed by atoms with Crippen molar-refractivity contribution >= 4 is 39.7 Å². The fraction of sp³-hybridized carbons (Fsp3) is 0.389. The van der Waals surface area contributed by atoms with E-state index in [1.54, 1.807) is 10.9 Å². The molecule has 0 aliphatic carbocycles. The summed E-state index contributed by atoms with van der Waals surface area (Å²) in [5, 5.41) is 0. The largest absolute Gasteiger partial charge is 0.371 e. The van der Waals surface area contributed by atoms with Crippen molar-refractivity contribution in [2.45, 2.75) is 30.7 Å². The SMILES string of the molecule is Nc1nc(I)c2ncn([C@@H]3CO[C@@H]4CO[C@@H](c5ccccc5)OC4[C@H]3F)c2n1. The molecule has 2 fully saturated rings. The quantitative estimate of drug-likeness (QED) is 0.429. The van der Waals surface area contributed by atoms with Crippen LogP contribution in [0.15, 0.2) is 36.7 Å². The van der Waals surface area contributed by atoms with Crippen LogP contribution in [0.1, 0.15) is 17.9 Å². The Morgan fingerprint density at radius 1 is 1.14 bits per heavy atom. The van der Waals surface area contributed by atoms with Crippen LogP contribution in [0, 0.1) is 3.70 Å². The second kappa shape index (κ2) is 7.17. The summed E-state index contributed by atoms with van der Waals surface area (Å²) >= 11 is 2.04. The highest BCUT2D eigenvalue weighted by atomic mass is 127. The lowest BCUT2D eigenvalue weighted by Gasteiger charge is -2.44. The molecule has 8 nitrogen and oxygen atoms in total. The highest BCUT2D eigenvalue weighted by Crippen LogP contribution is 2.37. The summed E-state index contributed by atoms with van der Waals surface area (Å²) in [5.41, 5.74) is 7.68. The van der Waals surface area contributed by atoms with E-state index in [0.717, 1.165) is 5.56 Å². The number of rotatable bonds is 2. The maximum absolute atomic E-state index is 15.6. The minimum atomic E-state index is -1.32. The van der Waals surface area contributed by atoms with E-state index in [1.165, 1.54) is 0 Å². The minimum Gasteiger partial charge on any atom is -0.371 e. The zero-order valence-corrected chi connectivity index (χ0v) is 16.8. The number of hydrogen-bond acceptors (Lipinski definition) is 7. The van der Waals surface area contributed by atoms with Crippen molar-refractivity contribution in [3.05, 3.63) is 45.9 Å². The average molecular weight is 497 g/mol. The van der Waals surface area contributed by atoms with Gasteiger partial charge in [-0.25, -0.2) is 14.4 Å². The Labute approximate surface area is 173 Å². The van der Waals surface area contributed by atoms with Gasteiger partial charge in [0.25, 0.3) is 0 Å². The van der Waals surface area contributed by atoms with Crippen LogP contribution >= 0.6 is 22.6 Å². The van der Waals surface area contributed by atoms with Crippen LogP contribution in [0.3, 0.4) is 0 Å². The molecule has 0 bridgehead atoms. The summed E-state index contributed by atoms with van der Waals surface area (Å²) in [5.74, 6) is 0.120. The summed E-state index contributed by atoms with van der Waals surface area (Å²) in [6, 6.07) is 8.85. The van der Waals surface area contributed by atoms with Gasteiger partial charge in [-0.2, -0.15) is 4.98 Å². The van der Waals surface area contributed by atoms with Gasteiger partial charge in [0.15, 0.2) is 18.1 Å². The molecule has 10 heteroatoms. The third-order valence-corrected chi connectivity index (χ3v) is 5.80. The molecule has 0 spiro atoms. The number of nitrogens with zero attached hydrogens (tertiary/aromatic N) is 4. The van der Waals surface area contributed by atoms with Crippen LogP contribution in [0.5, 0.6) is 0 Å². The number of hydrogen-bond donors (Lipinski definition) is 1. The maximum Gasteiger partial charge on any atom is 0.223 e. The molecule has 146 valence electrons. The predicted octanol–water partition coefficient (Wildman–Crippen LogP) is 2.41. The Hall–Kier alpha value is -1.89. The standard InChI is InChI=1S/C18H17FIN5O3/c19-12-10(25-8-22-13-15(20)23-18(21)24-16(13)25)6-26-11-7-27-17(28-14(11)12)9-4-2-1-3-5-9/h1-5,8,10-12,14,17H,6-7H2,(H2,21,23,24)/t10-,11-,12+,14?,17-/m1/s1. The second-order valence-electron chi connectivity index (χ2n) is 6.76. The van der Waals surface area contributed by atoms with Gasteiger partial charge in [-0.3, -0.25) is 0 Å². The maximum atomic E-state index is 15.6. The van der Waals surface area contributed by atoms with E-state index in [0.29, 0.717) is 14.9 Å². The highest BCUT2D eigenvalue weighted by Gasteiger charge is 2.47. The van der Waals surface area contributed by atoms with Gasteiger partial charge in [0.2, 0.25) is 5.95 Å². The molecule has 3 aromatic rings. The number of halogens is 2. The molecular formula is C18H17FIN5O3. The van der Waals surface area contributed by atoms with Gasteiger partial charge in [-0.1, -0.05) is 30.3 Å². The van der Waals surface area contributed by atoms with Crippen molar-refractivity contribution in [1.29, 1.82) is 0 Å². The van der Waals surface area contributed by atoms with Gasteiger partial charge in [0.1, 0.15) is 21.4 Å². The number of benzene rings is 1. The predicted molar refractivity (Wildman–Crippen MR) is 106 cm³/mol. The molecule has 5 rings (SSSR count). The third kappa shape index (κ3) is 3.04. The van der Waals surface area contributed by atoms with E-state index >= 15 is 4.39 Å². The molecule has 2 aliphatic heterocycles. The van der Waals surface area contributed by atoms with E-state index < -0.39 is 30.7 Å². The summed E-state index contributed by atoms with van der Waals surface area (Å²) in [6.45, 7) is 0.437. The van der Waals surface area contributed by atoms with Crippen molar-refractivity contribution in [3.8, 4) is 0 Å². The number of imidazole rings is 1. The minimum absolute atomic E-state index is 0.120. The number of anilines is 1. The number of alkyl halides is 1. The van der Waals surface area contributed by atoms with Gasteiger partial charge in [0.05, 0.1) is 25.6 Å². The molecular weight excluding hydrogens is 480 g/mol. The van der Waals surface area contributed by atoms with Gasteiger partial charge < -0.3 is 24.5 Å². The zero-order chi connectivity index (χ0) is 19.3. The van der Waals surface area contributed by atoms with Crippen LogP contribution in [-0.4, -0.2) is 51.1 Å². The molecule has 1 unspecified atom stereocenters. The smallest absolute Gasteiger partial charge is 0.223 e.